The van der Waals surface area contributed by atoms with Crippen molar-refractivity contribution in [1.29, 1.82) is 0 Å². The molecule has 268 valence electrons. The Kier molecular flexibility index (Phi) is 13.1. The molecular weight excluding hydrogens is 680 g/mol. The number of non-ortho nitro benzene ring substituents is 2. The Morgan fingerprint density at radius 3 is 1.82 bits per heavy atom. The third kappa shape index (κ3) is 9.66. The summed E-state index contributed by atoms with van der Waals surface area (Å²) in [5, 5.41) is 22.1. The molecule has 0 N–H and O–H groups in total. The summed E-state index contributed by atoms with van der Waals surface area (Å²) in [7, 11) is 0.414. The van der Waals surface area contributed by atoms with E-state index in [1.165, 1.54) is 57.7 Å². The van der Waals surface area contributed by atoms with E-state index < -0.39 is 74.9 Å². The van der Waals surface area contributed by atoms with Crippen molar-refractivity contribution in [2.75, 3.05) is 33.7 Å². The Bertz CT molecular complexity index is 1730. The molecule has 0 aliphatic carbocycles. The van der Waals surface area contributed by atoms with E-state index in [1.54, 1.807) is 18.2 Å². The van der Waals surface area contributed by atoms with Gasteiger partial charge in [0.25, 0.3) is 11.4 Å². The quantitative estimate of drug-likeness (QED) is 0.0832. The van der Waals surface area contributed by atoms with E-state index in [0.717, 1.165) is 24.3 Å². The topological polar surface area (TPSA) is 210 Å². The highest BCUT2D eigenvalue weighted by molar-refractivity contribution is 7.91. The molecule has 1 aliphatic heterocycles. The fraction of sp³-hybridized carbons (Fsp3) is 0.394. The molecule has 0 bridgehead atoms. The Morgan fingerprint density at radius 1 is 0.780 bits per heavy atom. The smallest absolute Gasteiger partial charge is 0.338 e. The summed E-state index contributed by atoms with van der Waals surface area (Å²) in [4.78, 5) is 47.0. The van der Waals surface area contributed by atoms with Crippen LogP contribution in [0.4, 0.5) is 11.4 Å². The Labute approximate surface area is 287 Å². The zero-order valence-corrected chi connectivity index (χ0v) is 28.1. The second-order valence-electron chi connectivity index (χ2n) is 11.3. The molecule has 3 aromatic carbocycles. The summed E-state index contributed by atoms with van der Waals surface area (Å²) in [5.41, 5.74) is -0.501. The zero-order valence-electron chi connectivity index (χ0n) is 27.3. The van der Waals surface area contributed by atoms with Gasteiger partial charge in [-0.2, -0.15) is 0 Å². The number of benzene rings is 3. The van der Waals surface area contributed by atoms with Gasteiger partial charge in [0.2, 0.25) is 0 Å². The number of nitro benzene ring substituents is 2. The van der Waals surface area contributed by atoms with Gasteiger partial charge in [0.05, 0.1) is 49.9 Å². The summed E-state index contributed by atoms with van der Waals surface area (Å²) < 4.78 is 61.1. The van der Waals surface area contributed by atoms with Crippen LogP contribution in [-0.4, -0.2) is 94.6 Å². The third-order valence-corrected chi connectivity index (χ3v) is 9.96. The van der Waals surface area contributed by atoms with E-state index in [4.69, 9.17) is 28.4 Å². The number of ether oxygens (including phenoxy) is 6. The monoisotopic (exact) mass is 716 g/mol. The minimum atomic E-state index is -3.83. The summed E-state index contributed by atoms with van der Waals surface area (Å²) >= 11 is 0. The van der Waals surface area contributed by atoms with Crippen molar-refractivity contribution in [3.05, 3.63) is 110 Å². The van der Waals surface area contributed by atoms with E-state index in [1.807, 2.05) is 0 Å². The molecule has 0 spiro atoms. The highest BCUT2D eigenvalue weighted by atomic mass is 32.2. The van der Waals surface area contributed by atoms with Gasteiger partial charge < -0.3 is 28.4 Å². The molecule has 1 fully saturated rings. The second kappa shape index (κ2) is 17.2. The molecule has 1 unspecified atom stereocenters. The van der Waals surface area contributed by atoms with Crippen LogP contribution in [0.25, 0.3) is 0 Å². The molecule has 1 saturated heterocycles. The number of rotatable bonds is 17. The van der Waals surface area contributed by atoms with Gasteiger partial charge in [-0.05, 0) is 36.4 Å². The lowest BCUT2D eigenvalue weighted by Crippen LogP contribution is -2.38. The van der Waals surface area contributed by atoms with Crippen molar-refractivity contribution < 1.29 is 56.3 Å². The predicted molar refractivity (Wildman–Crippen MR) is 174 cm³/mol. The van der Waals surface area contributed by atoms with Crippen LogP contribution >= 0.6 is 0 Å². The van der Waals surface area contributed by atoms with Gasteiger partial charge in [-0.3, -0.25) is 20.2 Å². The maximum absolute atomic E-state index is 13.5. The largest absolute Gasteiger partial charge is 0.458 e. The number of carbonyl (C=O) groups is 2. The molecule has 1 heterocycles. The number of esters is 2. The lowest BCUT2D eigenvalue weighted by atomic mass is 9.94. The lowest BCUT2D eigenvalue weighted by Gasteiger charge is -2.26. The van der Waals surface area contributed by atoms with Crippen molar-refractivity contribution in [2.24, 2.45) is 5.92 Å². The fourth-order valence-electron chi connectivity index (χ4n) is 5.61. The van der Waals surface area contributed by atoms with Crippen molar-refractivity contribution >= 4 is 33.2 Å². The predicted octanol–water partition coefficient (Wildman–Crippen LogP) is 4.16. The maximum atomic E-state index is 13.5. The average Bonchev–Trinajstić information content (AvgIpc) is 3.43. The first-order valence-corrected chi connectivity index (χ1v) is 16.9. The van der Waals surface area contributed by atoms with Crippen molar-refractivity contribution in [3.63, 3.8) is 0 Å². The van der Waals surface area contributed by atoms with Crippen LogP contribution in [0, 0.1) is 26.1 Å². The minimum Gasteiger partial charge on any atom is -0.458 e. The summed E-state index contributed by atoms with van der Waals surface area (Å²) in [6.45, 7) is -0.499. The van der Waals surface area contributed by atoms with E-state index in [9.17, 15) is 38.2 Å². The molecule has 0 amide bonds. The summed E-state index contributed by atoms with van der Waals surface area (Å²) in [6, 6.07) is 17.3. The number of sulfone groups is 1. The van der Waals surface area contributed by atoms with E-state index in [-0.39, 0.29) is 46.0 Å². The number of nitrogens with zero attached hydrogens (tertiary/aromatic N) is 2. The van der Waals surface area contributed by atoms with Crippen LogP contribution in [0.3, 0.4) is 0 Å². The molecule has 0 radical (unpaired) electrons. The molecule has 17 heteroatoms. The molecule has 50 heavy (non-hydrogen) atoms. The molecule has 3 aromatic rings. The molecule has 1 aliphatic rings. The first-order valence-electron chi connectivity index (χ1n) is 15.3. The summed E-state index contributed by atoms with van der Waals surface area (Å²) in [6.07, 6.45) is -4.44. The molecule has 0 saturated carbocycles. The van der Waals surface area contributed by atoms with E-state index >= 15 is 0 Å². The highest BCUT2D eigenvalue weighted by Crippen LogP contribution is 2.37. The number of carbonyl (C=O) groups excluding carboxylic acids is 2. The van der Waals surface area contributed by atoms with Crippen LogP contribution in [-0.2, 0) is 38.3 Å². The first kappa shape index (κ1) is 38.0. The van der Waals surface area contributed by atoms with Crippen LogP contribution in [0.5, 0.6) is 0 Å². The standard InChI is InChI=1S/C33H36N2O14S/c1-44-30(45-2)18-28-27(20-50(42,43)26-7-5-4-6-8-26)31(46-3)29(49-28)17-25(48-33(37)22-11-15-24(16-12-22)35(40)41)19-47-32(36)21-9-13-23(14-10-21)34(38)39/h4-16,25,27-31H,17-20H2,1-3H3/t25?,27-,28-,29+,31+/m0/s1. The van der Waals surface area contributed by atoms with Crippen LogP contribution in [0.1, 0.15) is 33.6 Å². The van der Waals surface area contributed by atoms with Gasteiger partial charge in [-0.1, -0.05) is 18.2 Å². The fourth-order valence-corrected chi connectivity index (χ4v) is 7.29. The number of methoxy groups -OCH3 is 3. The average molecular weight is 717 g/mol. The van der Waals surface area contributed by atoms with Gasteiger partial charge in [0, 0.05) is 64.4 Å². The summed E-state index contributed by atoms with van der Waals surface area (Å²) in [5.74, 6) is -2.85. The van der Waals surface area contributed by atoms with Gasteiger partial charge in [-0.15, -0.1) is 0 Å². The minimum absolute atomic E-state index is 0.000602. The van der Waals surface area contributed by atoms with Gasteiger partial charge >= 0.3 is 11.9 Å². The zero-order chi connectivity index (χ0) is 36.4. The van der Waals surface area contributed by atoms with Gasteiger partial charge in [0.15, 0.2) is 16.1 Å². The Morgan fingerprint density at radius 2 is 1.32 bits per heavy atom. The molecule has 5 atom stereocenters. The van der Waals surface area contributed by atoms with Crippen LogP contribution in [0.2, 0.25) is 0 Å². The highest BCUT2D eigenvalue weighted by Gasteiger charge is 2.48. The number of hydrogen-bond donors (Lipinski definition) is 0. The molecule has 16 nitrogen and oxygen atoms in total. The molecular formula is C33H36N2O14S. The number of nitro groups is 2. The van der Waals surface area contributed by atoms with Crippen molar-refractivity contribution in [2.45, 2.75) is 48.4 Å². The Balaban J connectivity index is 1.60. The SMILES string of the molecule is COC(C[C@@H]1O[C@H](CC(COC(=O)c2ccc([N+](=O)[O-])cc2)OC(=O)c2ccc([N+](=O)[O-])cc2)[C@H](OC)[C@H]1CS(=O)(=O)c1ccccc1)OC. The molecule has 0 aromatic heterocycles. The number of hydrogen-bond acceptors (Lipinski definition) is 14. The van der Waals surface area contributed by atoms with E-state index in [2.05, 4.69) is 0 Å². The van der Waals surface area contributed by atoms with Crippen molar-refractivity contribution in [1.82, 2.24) is 0 Å². The third-order valence-electron chi connectivity index (χ3n) is 8.15. The Hall–Kier alpha value is -4.81. The first-order chi connectivity index (χ1) is 23.9. The maximum Gasteiger partial charge on any atom is 0.338 e. The normalized spacial score (nSPS) is 19.5. The lowest BCUT2D eigenvalue weighted by molar-refractivity contribution is -0.385. The van der Waals surface area contributed by atoms with Crippen molar-refractivity contribution in [3.8, 4) is 0 Å². The van der Waals surface area contributed by atoms with Gasteiger partial charge in [-0.25, -0.2) is 18.0 Å². The van der Waals surface area contributed by atoms with Gasteiger partial charge in [0.1, 0.15) is 12.7 Å². The van der Waals surface area contributed by atoms with Crippen LogP contribution < -0.4 is 0 Å². The second-order valence-corrected chi connectivity index (χ2v) is 13.3. The van der Waals surface area contributed by atoms with E-state index in [0.29, 0.717) is 0 Å². The van der Waals surface area contributed by atoms with Crippen LogP contribution in [0.15, 0.2) is 83.8 Å². The molecule has 4 rings (SSSR count).